The van der Waals surface area contributed by atoms with Crippen molar-refractivity contribution in [2.45, 2.75) is 300 Å². The van der Waals surface area contributed by atoms with Crippen LogP contribution < -0.4 is 11.5 Å². The van der Waals surface area contributed by atoms with Crippen LogP contribution in [0.3, 0.4) is 0 Å². The third-order valence-electron chi connectivity index (χ3n) is 21.3. The smallest absolute Gasteiger partial charge is 0.470 e. The second-order valence-electron chi connectivity index (χ2n) is 29.5. The molecule has 9 rings (SSSR count). The van der Waals surface area contributed by atoms with Gasteiger partial charge in [0.25, 0.3) is 11.6 Å². The predicted molar refractivity (Wildman–Crippen MR) is 357 cm³/mol. The van der Waals surface area contributed by atoms with E-state index in [1.165, 1.54) is 0 Å². The lowest BCUT2D eigenvalue weighted by molar-refractivity contribution is -0.410. The molecule has 0 aliphatic carbocycles. The summed E-state index contributed by atoms with van der Waals surface area (Å²) in [5.41, 5.74) is 11.8. The molecule has 0 aromatic carbocycles. The van der Waals surface area contributed by atoms with Crippen molar-refractivity contribution in [1.82, 2.24) is 0 Å². The predicted octanol–water partition coefficient (Wildman–Crippen LogP) is -22.0. The zero-order chi connectivity index (χ0) is 89.3. The Hall–Kier alpha value is -2.68. The van der Waals surface area contributed by atoms with Crippen molar-refractivity contribution in [1.29, 1.82) is 0 Å². The minimum absolute atomic E-state index is 0.954. The number of phosphoric ester groups is 2. The molecule has 0 saturated carbocycles. The van der Waals surface area contributed by atoms with Gasteiger partial charge in [-0.2, -0.15) is 0 Å². The van der Waals surface area contributed by atoms with Gasteiger partial charge in [0.2, 0.25) is 0 Å². The molecule has 9 fully saturated rings. The molecule has 0 bridgehead atoms. The number of carboxylic acids is 2. The number of hydrogen-bond acceptors (Lipinski definition) is 52. The molecule has 0 unspecified atom stereocenters. The number of nitrogens with two attached hydrogens (primary N) is 2. The maximum Gasteiger partial charge on any atom is 0.470 e. The van der Waals surface area contributed by atoms with Crippen molar-refractivity contribution in [2.24, 2.45) is 11.5 Å². The second kappa shape index (κ2) is 41.8. The van der Waals surface area contributed by atoms with Gasteiger partial charge in [-0.3, -0.25) is 9.05 Å². The summed E-state index contributed by atoms with van der Waals surface area (Å²) in [6.07, 6.45) is -108. The fraction of sp³-hybridized carbons (Fsp3) is 0.967. The van der Waals surface area contributed by atoms with Gasteiger partial charge in [0.05, 0.1) is 83.8 Å². The SMILES string of the molecule is N[C@@H]1[C@@H](O)[C@H](O)[C@@H](CO[C@H]2O[C@H](CO[C@]3(C(=O)O)C[C@@H](O[C@]4(C(=O)O)C[C@H](O)[C@@H](O)[C@@H]([C@H](O)CO)O4)[C@@H](O[C@H]4O[C@H]([C@@H](O)CO)[C@@H](O)[C@H](O[C@@H]5O[C@H]([C@H](O)CO)[C@@H](OP(=O)(O)O)[C@H](O[C@H]6O[C@H](CO[C@H]7O[C@H](CO)[C@H](O)[C@H](O)[C@H]7O)[C@@H](O)[C@H](O[C@H]7O[C@H](CO)[C@H](O)[C@H](O)[C@H]7O)[C@H]6O)[C@@H]5O)[C@@H]4O)[C@@H]([C@H](O)CO)O3)[C@@H](OP(=O)(O)O)[C@H](O)[C@H]2N)O[C@@H]1O. The van der Waals surface area contributed by atoms with Crippen LogP contribution in [-0.2, 0) is 108 Å². The van der Waals surface area contributed by atoms with Gasteiger partial charge in [-0.05, 0) is 0 Å². The van der Waals surface area contributed by atoms with E-state index in [9.17, 15) is 186 Å². The summed E-state index contributed by atoms with van der Waals surface area (Å²) in [7, 11) is -12.0. The number of rotatable bonds is 35. The molecule has 0 amide bonds. The first kappa shape index (κ1) is 101. The maximum atomic E-state index is 14.1. The minimum Gasteiger partial charge on any atom is -0.477 e. The molecular weight excluding hydrogens is 1710 g/mol. The van der Waals surface area contributed by atoms with Crippen molar-refractivity contribution in [2.75, 3.05) is 59.5 Å². The molecule has 9 heterocycles. The van der Waals surface area contributed by atoms with Gasteiger partial charge in [0.15, 0.2) is 44.0 Å². The highest BCUT2D eigenvalue weighted by Gasteiger charge is 2.66. The van der Waals surface area contributed by atoms with Gasteiger partial charge in [-0.15, -0.1) is 0 Å². The van der Waals surface area contributed by atoms with Crippen LogP contribution in [-0.4, -0.2) is 526 Å². The second-order valence-corrected chi connectivity index (χ2v) is 31.9. The van der Waals surface area contributed by atoms with Crippen molar-refractivity contribution in [3.63, 3.8) is 0 Å². The Bertz CT molecular complexity index is 3330. The molecule has 0 aromatic heterocycles. The van der Waals surface area contributed by atoms with Crippen molar-refractivity contribution < 1.29 is 276 Å². The maximum absolute atomic E-state index is 14.1. The zero-order valence-electron chi connectivity index (χ0n) is 62.0. The van der Waals surface area contributed by atoms with E-state index in [2.05, 4.69) is 0 Å². The Kier molecular flexibility index (Phi) is 35.2. The average molecular weight is 1810 g/mol. The third kappa shape index (κ3) is 22.2. The van der Waals surface area contributed by atoms with Crippen LogP contribution >= 0.6 is 15.6 Å². The molecular formula is C60H104N2O56P2. The number of carboxylic acid groups (broad SMARTS) is 2. The topological polar surface area (TPSA) is 963 Å². The van der Waals surface area contributed by atoms with Crippen LogP contribution in [0.15, 0.2) is 0 Å². The average Bonchev–Trinajstić information content (AvgIpc) is 0.742. The Balaban J connectivity index is 1.09. The van der Waals surface area contributed by atoms with Crippen LogP contribution in [0, 0.1) is 0 Å². The highest BCUT2D eigenvalue weighted by Crippen LogP contribution is 2.48. The monoisotopic (exact) mass is 1810 g/mol. The molecule has 9 saturated heterocycles. The first-order chi connectivity index (χ1) is 56.1. The number of aliphatic hydroxyl groups excluding tert-OH is 27. The van der Waals surface area contributed by atoms with E-state index < -0.39 is 387 Å². The fourth-order valence-corrected chi connectivity index (χ4v) is 15.8. The minimum atomic E-state index is -6.14. The van der Waals surface area contributed by atoms with E-state index in [4.69, 9.17) is 101 Å². The first-order valence-corrected chi connectivity index (χ1v) is 39.6. The molecule has 47 atom stereocenters. The van der Waals surface area contributed by atoms with Gasteiger partial charge >= 0.3 is 27.6 Å². The van der Waals surface area contributed by atoms with Gasteiger partial charge in [-0.25, -0.2) is 18.7 Å². The molecule has 0 radical (unpaired) electrons. The molecule has 9 aliphatic rings. The van der Waals surface area contributed by atoms with Crippen LogP contribution in [0.5, 0.6) is 0 Å². The number of hydrogen-bond donors (Lipinski definition) is 35. The molecule has 0 spiro atoms. The quantitative estimate of drug-likeness (QED) is 0.0262. The van der Waals surface area contributed by atoms with E-state index in [0.717, 1.165) is 0 Å². The lowest BCUT2D eigenvalue weighted by Gasteiger charge is -2.53. The normalized spacial score (nSPS) is 48.0. The number of ether oxygens (including phenoxy) is 17. The fourth-order valence-electron chi connectivity index (χ4n) is 14.7. The third-order valence-corrected chi connectivity index (χ3v) is 22.3. The van der Waals surface area contributed by atoms with Crippen molar-refractivity contribution in [3.05, 3.63) is 0 Å². The van der Waals surface area contributed by atoms with Gasteiger partial charge in [-0.1, -0.05) is 0 Å². The Morgan fingerprint density at radius 2 is 0.775 bits per heavy atom. The summed E-state index contributed by atoms with van der Waals surface area (Å²) < 4.78 is 132. The lowest BCUT2D eigenvalue weighted by atomic mass is 9.89. The molecule has 120 heavy (non-hydrogen) atoms. The number of aliphatic hydroxyl groups is 27. The number of phosphoric acid groups is 2. The van der Waals surface area contributed by atoms with Crippen molar-refractivity contribution >= 4 is 27.6 Å². The summed E-state index contributed by atoms with van der Waals surface area (Å²) in [5.74, 6) is -12.2. The molecule has 700 valence electrons. The Morgan fingerprint density at radius 1 is 0.367 bits per heavy atom. The molecule has 9 aliphatic heterocycles. The summed E-state index contributed by atoms with van der Waals surface area (Å²) in [6, 6.07) is -3.58. The number of carbonyl (C=O) groups is 2. The largest absolute Gasteiger partial charge is 0.477 e. The number of aliphatic carboxylic acids is 2. The molecule has 0 aromatic rings. The van der Waals surface area contributed by atoms with Gasteiger partial charge in [0.1, 0.15) is 208 Å². The van der Waals surface area contributed by atoms with Crippen LogP contribution in [0.4, 0.5) is 0 Å². The highest BCUT2D eigenvalue weighted by molar-refractivity contribution is 7.46. The Morgan fingerprint density at radius 3 is 1.31 bits per heavy atom. The molecule has 37 N–H and O–H groups in total. The lowest BCUT2D eigenvalue weighted by Crippen LogP contribution is -2.71. The Labute approximate surface area is 673 Å². The summed E-state index contributed by atoms with van der Waals surface area (Å²) in [5, 5.41) is 319. The van der Waals surface area contributed by atoms with Crippen LogP contribution in [0.1, 0.15) is 12.8 Å². The van der Waals surface area contributed by atoms with E-state index in [1.807, 2.05) is 0 Å². The zero-order valence-corrected chi connectivity index (χ0v) is 63.7. The van der Waals surface area contributed by atoms with E-state index in [-0.39, 0.29) is 0 Å². The molecule has 60 heteroatoms. The van der Waals surface area contributed by atoms with Crippen LogP contribution in [0.2, 0.25) is 0 Å². The summed E-state index contributed by atoms with van der Waals surface area (Å²) in [6.45, 7) is -12.0. The van der Waals surface area contributed by atoms with E-state index >= 15 is 0 Å². The van der Waals surface area contributed by atoms with Crippen LogP contribution in [0.25, 0.3) is 0 Å². The standard InChI is InChI=1S/C60H104N2O56P2/c61-23-30(79)28(77)20(103-50(23)89)9-100-51-24(62)31(80)44(117-119(94,95)96)22(107-51)11-102-59(57(90)91)2-17(114-60(58(92)93)1-12(69)25(74)41(115-60)14(71)4-64)45(43(116-59)16(73)6-66)110-55-38(87)47(36(85)40(108-55)13(70)3-63)112-56-39(88)48(49(118-120(97,98)99)42(109-56)15(72)5-65)113-54-37(86)46(111-53-35(84)33(82)27(76)19(8-68)105-53)29(78)21(106-54)10-101-52-34(83)32(81)26(75)18(7-67)104-52/h12-56,63-89H,1-11,61-62H2,(H,90,91)(H,92,93)(H2,94,95,96)(H2,97,98,99)/t12-,13-,14+,15+,16+,17+,18+,19+,20+,21+,22+,23+,24+,25+,26-,27-,28+,29+,30+,31+,32-,33-,34+,35+,36+,37+,38-,39-,40+,41+,42+,43+,44+,45+,46-,47-,48+,49+,50-,51-,52-,53+,54+,55+,56-,59+,60+/m0/s1. The van der Waals surface area contributed by atoms with E-state index in [0.29, 0.717) is 0 Å². The summed E-state index contributed by atoms with van der Waals surface area (Å²) >= 11 is 0. The van der Waals surface area contributed by atoms with Gasteiger partial charge in [0, 0.05) is 12.8 Å². The van der Waals surface area contributed by atoms with E-state index in [1.54, 1.807) is 0 Å². The van der Waals surface area contributed by atoms with Crippen molar-refractivity contribution in [3.8, 4) is 0 Å². The highest BCUT2D eigenvalue weighted by atomic mass is 31.2. The van der Waals surface area contributed by atoms with Gasteiger partial charge < -0.3 is 260 Å². The first-order valence-electron chi connectivity index (χ1n) is 36.6. The molecule has 58 nitrogen and oxygen atoms in total. The summed E-state index contributed by atoms with van der Waals surface area (Å²) in [4.78, 5) is 68.6.